The summed E-state index contributed by atoms with van der Waals surface area (Å²) in [5, 5.41) is 27.5. The number of rotatable bonds is 19. The van der Waals surface area contributed by atoms with Gasteiger partial charge in [0, 0.05) is 6.42 Å². The van der Waals surface area contributed by atoms with E-state index in [0.29, 0.717) is 6.42 Å². The van der Waals surface area contributed by atoms with E-state index in [0.717, 1.165) is 38.5 Å². The van der Waals surface area contributed by atoms with E-state index in [1.54, 1.807) is 6.08 Å². The zero-order valence-corrected chi connectivity index (χ0v) is 22.6. The average Bonchev–Trinajstić information content (AvgIpc) is 2.90. The summed E-state index contributed by atoms with van der Waals surface area (Å²) in [5.74, 6) is 23.9. The molecule has 0 unspecified atom stereocenters. The zero-order valence-electron chi connectivity index (χ0n) is 22.6. The molecule has 3 N–H and O–H groups in total. The van der Waals surface area contributed by atoms with Gasteiger partial charge >= 0.3 is 0 Å². The Bertz CT molecular complexity index is 890. The Labute approximate surface area is 227 Å². The first kappa shape index (κ1) is 34.2. The number of hydrogen-bond donors (Lipinski definition) is 3. The lowest BCUT2D eigenvalue weighted by Crippen LogP contribution is -2.01. The standard InChI is InChI=1S/C34H46O3/c1-2-33(36)29-25-21-18-16-14-12-10-8-6-4-3-5-7-9-11-13-15-17-19-22-26-30-34(37)31-27-23-20-24-28-32-35/h1,3,5,25,29,33-37H,4,6,8,10-19,21-22,26,30,32H2/b5-3-,29-25+/t33-,34-/m0/s1. The lowest BCUT2D eigenvalue weighted by molar-refractivity contribution is 0.217. The Hall–Kier alpha value is -2.84. The summed E-state index contributed by atoms with van der Waals surface area (Å²) in [4.78, 5) is 0. The Morgan fingerprint density at radius 3 is 1.92 bits per heavy atom. The average molecular weight is 503 g/mol. The molecule has 0 aliphatic heterocycles. The van der Waals surface area contributed by atoms with Crippen LogP contribution in [-0.2, 0) is 0 Å². The fourth-order valence-corrected chi connectivity index (χ4v) is 3.56. The van der Waals surface area contributed by atoms with Gasteiger partial charge in [0.2, 0.25) is 0 Å². The largest absolute Gasteiger partial charge is 0.384 e. The molecule has 0 bridgehead atoms. The highest BCUT2D eigenvalue weighted by molar-refractivity contribution is 5.36. The van der Waals surface area contributed by atoms with Crippen LogP contribution in [0.25, 0.3) is 0 Å². The van der Waals surface area contributed by atoms with Crippen molar-refractivity contribution in [3.05, 3.63) is 24.3 Å². The van der Waals surface area contributed by atoms with Crippen molar-refractivity contribution in [3.8, 4) is 59.7 Å². The van der Waals surface area contributed by atoms with E-state index in [2.05, 4.69) is 59.4 Å². The van der Waals surface area contributed by atoms with Gasteiger partial charge in [0.1, 0.15) is 18.8 Å². The third-order valence-corrected chi connectivity index (χ3v) is 5.66. The second kappa shape index (κ2) is 29.4. The quantitative estimate of drug-likeness (QED) is 0.114. The Morgan fingerprint density at radius 2 is 1.24 bits per heavy atom. The van der Waals surface area contributed by atoms with Crippen LogP contribution in [0.5, 0.6) is 0 Å². The molecular weight excluding hydrogens is 456 g/mol. The minimum Gasteiger partial charge on any atom is -0.384 e. The van der Waals surface area contributed by atoms with Gasteiger partial charge < -0.3 is 15.3 Å². The van der Waals surface area contributed by atoms with Crippen LogP contribution >= 0.6 is 0 Å². The maximum Gasteiger partial charge on any atom is 0.133 e. The second-order valence-electron chi connectivity index (χ2n) is 8.97. The lowest BCUT2D eigenvalue weighted by Gasteiger charge is -2.03. The number of allylic oxidation sites excluding steroid dienone is 3. The summed E-state index contributed by atoms with van der Waals surface area (Å²) in [5.41, 5.74) is 0. The van der Waals surface area contributed by atoms with Crippen LogP contribution in [-0.4, -0.2) is 34.1 Å². The predicted molar refractivity (Wildman–Crippen MR) is 156 cm³/mol. The first-order chi connectivity index (χ1) is 18.2. The summed E-state index contributed by atoms with van der Waals surface area (Å²) < 4.78 is 0. The maximum absolute atomic E-state index is 9.79. The molecule has 0 saturated carbocycles. The molecule has 0 rings (SSSR count). The van der Waals surface area contributed by atoms with Crippen LogP contribution in [0.1, 0.15) is 109 Å². The fraction of sp³-hybridized carbons (Fsp3) is 0.588. The Kier molecular flexibility index (Phi) is 27.1. The number of aliphatic hydroxyl groups excluding tert-OH is 3. The molecule has 0 aliphatic rings. The molecule has 0 aliphatic carbocycles. The summed E-state index contributed by atoms with van der Waals surface area (Å²) in [6.07, 6.45) is 31.0. The van der Waals surface area contributed by atoms with Crippen LogP contribution in [0.4, 0.5) is 0 Å². The van der Waals surface area contributed by atoms with Crippen LogP contribution in [0.3, 0.4) is 0 Å². The molecule has 0 saturated heterocycles. The summed E-state index contributed by atoms with van der Waals surface area (Å²) in [7, 11) is 0. The first-order valence-electron chi connectivity index (χ1n) is 13.9. The summed E-state index contributed by atoms with van der Waals surface area (Å²) >= 11 is 0. The fourth-order valence-electron chi connectivity index (χ4n) is 3.56. The van der Waals surface area contributed by atoms with Crippen LogP contribution in [0, 0.1) is 59.7 Å². The molecular formula is C34H46O3. The molecule has 0 aromatic rings. The number of aliphatic hydroxyl groups is 3. The van der Waals surface area contributed by atoms with Crippen molar-refractivity contribution in [2.45, 2.75) is 121 Å². The van der Waals surface area contributed by atoms with Gasteiger partial charge in [-0.25, -0.2) is 0 Å². The third-order valence-electron chi connectivity index (χ3n) is 5.66. The van der Waals surface area contributed by atoms with Gasteiger partial charge in [0.25, 0.3) is 0 Å². The van der Waals surface area contributed by atoms with Crippen LogP contribution in [0.15, 0.2) is 24.3 Å². The van der Waals surface area contributed by atoms with E-state index in [1.165, 1.54) is 64.2 Å². The van der Waals surface area contributed by atoms with E-state index in [-0.39, 0.29) is 6.61 Å². The molecule has 0 aromatic carbocycles. The number of terminal acetylenes is 1. The van der Waals surface area contributed by atoms with Gasteiger partial charge in [-0.1, -0.05) is 99.5 Å². The van der Waals surface area contributed by atoms with Crippen molar-refractivity contribution in [2.75, 3.05) is 6.61 Å². The molecule has 0 aromatic heterocycles. The van der Waals surface area contributed by atoms with E-state index < -0.39 is 12.2 Å². The summed E-state index contributed by atoms with van der Waals surface area (Å²) in [6, 6.07) is 0. The highest BCUT2D eigenvalue weighted by Gasteiger charge is 1.98. The van der Waals surface area contributed by atoms with E-state index in [4.69, 9.17) is 11.5 Å². The lowest BCUT2D eigenvalue weighted by atomic mass is 10.1. The van der Waals surface area contributed by atoms with E-state index in [9.17, 15) is 10.2 Å². The SMILES string of the molecule is C#C[C@H](O)/C=C/CCCCCCCCC/C=C\C#CCCCCCCCC[C@H](O)C#CC#CC#CCO. The van der Waals surface area contributed by atoms with Crippen molar-refractivity contribution >= 4 is 0 Å². The molecule has 2 atom stereocenters. The molecule has 3 nitrogen and oxygen atoms in total. The van der Waals surface area contributed by atoms with Gasteiger partial charge in [-0.05, 0) is 80.8 Å². The minimum atomic E-state index is -0.736. The predicted octanol–water partition coefficient (Wildman–Crippen LogP) is 6.09. The summed E-state index contributed by atoms with van der Waals surface area (Å²) in [6.45, 7) is -0.207. The molecule has 3 heteroatoms. The molecule has 0 amide bonds. The zero-order chi connectivity index (χ0) is 27.1. The molecule has 0 spiro atoms. The molecule has 0 radical (unpaired) electrons. The van der Waals surface area contributed by atoms with Crippen LogP contribution < -0.4 is 0 Å². The third kappa shape index (κ3) is 29.3. The molecule has 37 heavy (non-hydrogen) atoms. The van der Waals surface area contributed by atoms with Crippen LogP contribution in [0.2, 0.25) is 0 Å². The number of unbranched alkanes of at least 4 members (excludes halogenated alkanes) is 14. The molecule has 0 heterocycles. The van der Waals surface area contributed by atoms with E-state index in [1.807, 2.05) is 12.2 Å². The second-order valence-corrected chi connectivity index (χ2v) is 8.97. The van der Waals surface area contributed by atoms with Crippen molar-refractivity contribution in [1.29, 1.82) is 0 Å². The smallest absolute Gasteiger partial charge is 0.133 e. The van der Waals surface area contributed by atoms with Gasteiger partial charge in [0.15, 0.2) is 0 Å². The van der Waals surface area contributed by atoms with Crippen molar-refractivity contribution in [3.63, 3.8) is 0 Å². The van der Waals surface area contributed by atoms with Gasteiger partial charge in [-0.2, -0.15) is 0 Å². The minimum absolute atomic E-state index is 0.207. The maximum atomic E-state index is 9.79. The van der Waals surface area contributed by atoms with Gasteiger partial charge in [-0.15, -0.1) is 6.42 Å². The highest BCUT2D eigenvalue weighted by Crippen LogP contribution is 2.11. The van der Waals surface area contributed by atoms with Crippen molar-refractivity contribution < 1.29 is 15.3 Å². The number of hydrogen-bond acceptors (Lipinski definition) is 3. The first-order valence-corrected chi connectivity index (χ1v) is 13.9. The van der Waals surface area contributed by atoms with Crippen molar-refractivity contribution in [2.24, 2.45) is 0 Å². The molecule has 0 fully saturated rings. The van der Waals surface area contributed by atoms with Crippen molar-refractivity contribution in [1.82, 2.24) is 0 Å². The topological polar surface area (TPSA) is 60.7 Å². The van der Waals surface area contributed by atoms with Gasteiger partial charge in [0.05, 0.1) is 0 Å². The Morgan fingerprint density at radius 1 is 0.649 bits per heavy atom. The monoisotopic (exact) mass is 502 g/mol. The normalized spacial score (nSPS) is 11.7. The van der Waals surface area contributed by atoms with E-state index >= 15 is 0 Å². The highest BCUT2D eigenvalue weighted by atomic mass is 16.3. The Balaban J connectivity index is 3.44. The van der Waals surface area contributed by atoms with Gasteiger partial charge in [-0.3, -0.25) is 0 Å². The molecule has 200 valence electrons.